The molecule has 0 spiro atoms. The molecule has 0 saturated carbocycles. The van der Waals surface area contributed by atoms with Crippen molar-refractivity contribution < 1.29 is 13.6 Å². The van der Waals surface area contributed by atoms with Gasteiger partial charge in [0, 0.05) is 6.42 Å². The maximum Gasteiger partial charge on any atom is 0.320 e. The summed E-state index contributed by atoms with van der Waals surface area (Å²) in [5.41, 5.74) is -0.589. The number of hydrogen-bond donors (Lipinski definition) is 0. The summed E-state index contributed by atoms with van der Waals surface area (Å²) < 4.78 is 25.1. The molecule has 0 aromatic rings. The highest BCUT2D eigenvalue weighted by Gasteiger charge is 2.40. The summed E-state index contributed by atoms with van der Waals surface area (Å²) in [6.07, 6.45) is -0.512. The van der Waals surface area contributed by atoms with E-state index in [4.69, 9.17) is 0 Å². The summed E-state index contributed by atoms with van der Waals surface area (Å²) in [5.74, 6) is -3.39. The van der Waals surface area contributed by atoms with E-state index in [2.05, 4.69) is 11.6 Å². The van der Waals surface area contributed by atoms with Gasteiger partial charge in [-0.1, -0.05) is 20.8 Å². The summed E-state index contributed by atoms with van der Waals surface area (Å²) in [6.45, 7) is 4.88. The van der Waals surface area contributed by atoms with E-state index in [0.29, 0.717) is 0 Å². The van der Waals surface area contributed by atoms with Gasteiger partial charge in [-0.15, -0.1) is 0 Å². The lowest BCUT2D eigenvalue weighted by atomic mass is 9.89. The second kappa shape index (κ2) is 3.05. The zero-order valence-corrected chi connectivity index (χ0v) is 7.51. The van der Waals surface area contributed by atoms with Crippen LogP contribution in [0.25, 0.3) is 0 Å². The Hall–Kier alpha value is -0.180. The first-order valence-corrected chi connectivity index (χ1v) is 3.61. The summed E-state index contributed by atoms with van der Waals surface area (Å²) in [5, 5.41) is -1.58. The Morgan fingerprint density at radius 2 is 1.73 bits per heavy atom. The molecule has 0 radical (unpaired) electrons. The van der Waals surface area contributed by atoms with E-state index in [1.165, 1.54) is 0 Å². The zero-order chi connectivity index (χ0) is 9.28. The number of carbonyl (C=O) groups excluding carboxylic acids is 1. The Morgan fingerprint density at radius 3 is 1.82 bits per heavy atom. The molecule has 0 rings (SSSR count). The van der Waals surface area contributed by atoms with Gasteiger partial charge in [-0.25, -0.2) is 0 Å². The molecule has 0 aromatic carbocycles. The lowest BCUT2D eigenvalue weighted by Gasteiger charge is -2.22. The number of alkyl halides is 2. The molecule has 4 heteroatoms. The minimum absolute atomic E-state index is 0.512. The van der Waals surface area contributed by atoms with Crippen molar-refractivity contribution in [1.82, 2.24) is 0 Å². The van der Waals surface area contributed by atoms with Crippen LogP contribution in [-0.4, -0.2) is 11.2 Å². The van der Waals surface area contributed by atoms with Gasteiger partial charge in [-0.05, 0) is 17.0 Å². The van der Waals surface area contributed by atoms with Crippen molar-refractivity contribution in [2.45, 2.75) is 33.1 Å². The third kappa shape index (κ3) is 4.30. The molecule has 0 atom stereocenters. The molecule has 0 aliphatic carbocycles. The second-order valence-electron chi connectivity index (χ2n) is 3.72. The fourth-order valence-electron chi connectivity index (χ4n) is 0.736. The van der Waals surface area contributed by atoms with Crippen molar-refractivity contribution in [2.75, 3.05) is 0 Å². The van der Waals surface area contributed by atoms with Gasteiger partial charge in [0.15, 0.2) is 0 Å². The Morgan fingerprint density at radius 1 is 1.36 bits per heavy atom. The second-order valence-corrected chi connectivity index (χ2v) is 4.06. The molecule has 0 N–H and O–H groups in total. The van der Waals surface area contributed by atoms with E-state index >= 15 is 0 Å². The lowest BCUT2D eigenvalue weighted by Crippen LogP contribution is -2.29. The van der Waals surface area contributed by atoms with Crippen molar-refractivity contribution >= 4 is 16.8 Å². The average molecular weight is 185 g/mol. The van der Waals surface area contributed by atoms with Crippen LogP contribution < -0.4 is 0 Å². The Balaban J connectivity index is 4.25. The quantitative estimate of drug-likeness (QED) is 0.604. The van der Waals surface area contributed by atoms with Gasteiger partial charge in [-0.3, -0.25) is 4.79 Å². The molecule has 0 amide bonds. The van der Waals surface area contributed by atoms with Crippen LogP contribution in [0.5, 0.6) is 0 Å². The highest BCUT2D eigenvalue weighted by molar-refractivity contribution is 6.65. The largest absolute Gasteiger partial charge is 0.320 e. The van der Waals surface area contributed by atoms with Gasteiger partial charge in [0.05, 0.1) is 0 Å². The molecule has 0 saturated heterocycles. The first kappa shape index (κ1) is 10.8. The van der Waals surface area contributed by atoms with E-state index < -0.39 is 23.0 Å². The topological polar surface area (TPSA) is 17.1 Å². The van der Waals surface area contributed by atoms with E-state index in [0.717, 1.165) is 0 Å². The SMILES string of the molecule is CC(C)(C)CC(F)(F)C(=O)Cl. The smallest absolute Gasteiger partial charge is 0.274 e. The van der Waals surface area contributed by atoms with Crippen molar-refractivity contribution in [3.8, 4) is 0 Å². The molecular formula is C7H11ClF2O. The van der Waals surface area contributed by atoms with Crippen molar-refractivity contribution in [2.24, 2.45) is 5.41 Å². The van der Waals surface area contributed by atoms with E-state index in [1.807, 2.05) is 0 Å². The van der Waals surface area contributed by atoms with E-state index in [-0.39, 0.29) is 0 Å². The third-order valence-electron chi connectivity index (χ3n) is 1.04. The normalized spacial score (nSPS) is 13.3. The molecular weight excluding hydrogens is 174 g/mol. The average Bonchev–Trinajstić information content (AvgIpc) is 1.56. The number of rotatable bonds is 2. The molecule has 0 aliphatic rings. The predicted octanol–water partition coefficient (Wildman–Crippen LogP) is 2.82. The predicted molar refractivity (Wildman–Crippen MR) is 39.9 cm³/mol. The van der Waals surface area contributed by atoms with Crippen molar-refractivity contribution in [3.05, 3.63) is 0 Å². The van der Waals surface area contributed by atoms with Crippen LogP contribution in [0.1, 0.15) is 27.2 Å². The molecule has 0 unspecified atom stereocenters. The van der Waals surface area contributed by atoms with Crippen LogP contribution in [0.3, 0.4) is 0 Å². The Labute approximate surface area is 69.7 Å². The highest BCUT2D eigenvalue weighted by atomic mass is 35.5. The van der Waals surface area contributed by atoms with Crippen LogP contribution in [0.4, 0.5) is 8.78 Å². The van der Waals surface area contributed by atoms with E-state index in [1.54, 1.807) is 20.8 Å². The van der Waals surface area contributed by atoms with Crippen LogP contribution in [-0.2, 0) is 4.79 Å². The molecule has 0 aromatic heterocycles. The number of halogens is 3. The summed E-state index contributed by atoms with van der Waals surface area (Å²) >= 11 is 4.69. The van der Waals surface area contributed by atoms with Crippen LogP contribution in [0.15, 0.2) is 0 Å². The fourth-order valence-corrected chi connectivity index (χ4v) is 0.802. The van der Waals surface area contributed by atoms with Gasteiger partial charge in [-0.2, -0.15) is 8.78 Å². The van der Waals surface area contributed by atoms with Crippen LogP contribution >= 0.6 is 11.6 Å². The Bertz CT molecular complexity index is 160. The molecule has 0 heterocycles. The van der Waals surface area contributed by atoms with E-state index in [9.17, 15) is 13.6 Å². The molecule has 0 fully saturated rings. The standard InChI is InChI=1S/C7H11ClF2O/c1-6(2,3)4-7(9,10)5(8)11/h4H2,1-3H3. The molecule has 0 aliphatic heterocycles. The maximum absolute atomic E-state index is 12.6. The molecule has 11 heavy (non-hydrogen) atoms. The van der Waals surface area contributed by atoms with Gasteiger partial charge in [0.2, 0.25) is 0 Å². The van der Waals surface area contributed by atoms with Crippen molar-refractivity contribution in [1.29, 1.82) is 0 Å². The van der Waals surface area contributed by atoms with Gasteiger partial charge < -0.3 is 0 Å². The number of hydrogen-bond acceptors (Lipinski definition) is 1. The summed E-state index contributed by atoms with van der Waals surface area (Å²) in [4.78, 5) is 10.2. The van der Waals surface area contributed by atoms with Gasteiger partial charge in [0.1, 0.15) is 0 Å². The summed E-state index contributed by atoms with van der Waals surface area (Å²) in [7, 11) is 0. The third-order valence-corrected chi connectivity index (χ3v) is 1.32. The monoisotopic (exact) mass is 184 g/mol. The van der Waals surface area contributed by atoms with Crippen molar-refractivity contribution in [3.63, 3.8) is 0 Å². The summed E-state index contributed by atoms with van der Waals surface area (Å²) in [6, 6.07) is 0. The molecule has 1 nitrogen and oxygen atoms in total. The lowest BCUT2D eigenvalue weighted by molar-refractivity contribution is -0.137. The molecule has 0 bridgehead atoms. The number of carbonyl (C=O) groups is 1. The maximum atomic E-state index is 12.6. The first-order valence-electron chi connectivity index (χ1n) is 3.23. The Kier molecular flexibility index (Phi) is 3.00. The van der Waals surface area contributed by atoms with Gasteiger partial charge in [0.25, 0.3) is 5.24 Å². The van der Waals surface area contributed by atoms with Crippen LogP contribution in [0.2, 0.25) is 0 Å². The fraction of sp³-hybridized carbons (Fsp3) is 0.857. The molecule has 66 valence electrons. The first-order chi connectivity index (χ1) is 4.65. The van der Waals surface area contributed by atoms with Crippen LogP contribution in [0, 0.1) is 5.41 Å². The minimum atomic E-state index is -3.39. The minimum Gasteiger partial charge on any atom is -0.274 e. The zero-order valence-electron chi connectivity index (χ0n) is 6.75. The van der Waals surface area contributed by atoms with Gasteiger partial charge >= 0.3 is 5.92 Å². The highest BCUT2D eigenvalue weighted by Crippen LogP contribution is 2.32.